The van der Waals surface area contributed by atoms with Crippen LogP contribution in [-0.2, 0) is 0 Å². The molecule has 2 aliphatic rings. The molecule has 1 saturated heterocycles. The summed E-state index contributed by atoms with van der Waals surface area (Å²) in [4.78, 5) is 0. The molecular weight excluding hydrogens is 234 g/mol. The predicted molar refractivity (Wildman–Crippen MR) is 77.3 cm³/mol. The van der Waals surface area contributed by atoms with Crippen molar-refractivity contribution in [2.45, 2.75) is 50.3 Å². The van der Waals surface area contributed by atoms with Crippen LogP contribution in [0.3, 0.4) is 0 Å². The van der Waals surface area contributed by atoms with E-state index in [1.165, 1.54) is 49.4 Å². The van der Waals surface area contributed by atoms with Crippen LogP contribution in [0.25, 0.3) is 0 Å². The summed E-state index contributed by atoms with van der Waals surface area (Å²) in [5, 5.41) is 0.732. The molecule has 0 spiro atoms. The SMILES string of the molecule is CCC1CCCCC1C(N)C1CSCCS1. The summed E-state index contributed by atoms with van der Waals surface area (Å²) in [6.45, 7) is 2.35. The van der Waals surface area contributed by atoms with E-state index in [1.54, 1.807) is 0 Å². The Bertz CT molecular complexity index is 204. The van der Waals surface area contributed by atoms with Gasteiger partial charge in [0.25, 0.3) is 0 Å². The third kappa shape index (κ3) is 3.11. The van der Waals surface area contributed by atoms with Gasteiger partial charge >= 0.3 is 0 Å². The van der Waals surface area contributed by atoms with Gasteiger partial charge in [-0.2, -0.15) is 23.5 Å². The van der Waals surface area contributed by atoms with E-state index >= 15 is 0 Å². The summed E-state index contributed by atoms with van der Waals surface area (Å²) in [5.41, 5.74) is 6.55. The molecule has 0 aromatic carbocycles. The number of hydrogen-bond acceptors (Lipinski definition) is 3. The Kier molecular flexibility index (Phi) is 5.37. The molecule has 4 atom stereocenters. The molecule has 1 nitrogen and oxygen atoms in total. The molecule has 0 bridgehead atoms. The summed E-state index contributed by atoms with van der Waals surface area (Å²) in [7, 11) is 0. The maximum atomic E-state index is 6.55. The third-order valence-corrected chi connectivity index (χ3v) is 7.16. The second kappa shape index (κ2) is 6.55. The summed E-state index contributed by atoms with van der Waals surface area (Å²) in [5.74, 6) is 5.66. The lowest BCUT2D eigenvalue weighted by molar-refractivity contribution is 0.196. The second-order valence-corrected chi connectivity index (χ2v) is 7.68. The highest BCUT2D eigenvalue weighted by molar-refractivity contribution is 8.06. The van der Waals surface area contributed by atoms with Gasteiger partial charge in [-0.25, -0.2) is 0 Å². The van der Waals surface area contributed by atoms with Crippen LogP contribution in [0.1, 0.15) is 39.0 Å². The van der Waals surface area contributed by atoms with E-state index in [0.717, 1.165) is 17.1 Å². The second-order valence-electron chi connectivity index (χ2n) is 5.18. The fourth-order valence-electron chi connectivity index (χ4n) is 3.25. The van der Waals surface area contributed by atoms with E-state index in [0.29, 0.717) is 6.04 Å². The van der Waals surface area contributed by atoms with Crippen LogP contribution in [-0.4, -0.2) is 28.6 Å². The molecule has 2 rings (SSSR count). The predicted octanol–water partition coefficient (Wildman–Crippen LogP) is 3.38. The van der Waals surface area contributed by atoms with Crippen molar-refractivity contribution in [1.29, 1.82) is 0 Å². The number of hydrogen-bond donors (Lipinski definition) is 1. The minimum Gasteiger partial charge on any atom is -0.326 e. The van der Waals surface area contributed by atoms with Gasteiger partial charge in [-0.15, -0.1) is 0 Å². The van der Waals surface area contributed by atoms with Gasteiger partial charge in [0.2, 0.25) is 0 Å². The van der Waals surface area contributed by atoms with Gasteiger partial charge in [-0.1, -0.05) is 32.6 Å². The summed E-state index contributed by atoms with van der Waals surface area (Å²) in [6.07, 6.45) is 7.01. The van der Waals surface area contributed by atoms with Crippen molar-refractivity contribution >= 4 is 23.5 Å². The van der Waals surface area contributed by atoms with E-state index in [1.807, 2.05) is 0 Å². The minimum absolute atomic E-state index is 0.461. The Labute approximate surface area is 109 Å². The van der Waals surface area contributed by atoms with Crippen molar-refractivity contribution in [2.24, 2.45) is 17.6 Å². The molecule has 1 heterocycles. The van der Waals surface area contributed by atoms with Crippen molar-refractivity contribution in [1.82, 2.24) is 0 Å². The summed E-state index contributed by atoms with van der Waals surface area (Å²) in [6, 6.07) is 0.461. The first-order valence-electron chi connectivity index (χ1n) is 6.78. The van der Waals surface area contributed by atoms with Gasteiger partial charge in [0, 0.05) is 28.6 Å². The van der Waals surface area contributed by atoms with Crippen LogP contribution in [0.4, 0.5) is 0 Å². The zero-order chi connectivity index (χ0) is 11.4. The quantitative estimate of drug-likeness (QED) is 0.841. The molecule has 0 aromatic heterocycles. The van der Waals surface area contributed by atoms with Crippen molar-refractivity contribution in [2.75, 3.05) is 17.3 Å². The van der Waals surface area contributed by atoms with Crippen molar-refractivity contribution in [3.05, 3.63) is 0 Å². The van der Waals surface area contributed by atoms with Gasteiger partial charge in [0.05, 0.1) is 0 Å². The molecule has 16 heavy (non-hydrogen) atoms. The molecule has 0 radical (unpaired) electrons. The molecule has 1 aliphatic heterocycles. The van der Waals surface area contributed by atoms with E-state index in [-0.39, 0.29) is 0 Å². The first kappa shape index (κ1) is 13.1. The van der Waals surface area contributed by atoms with Gasteiger partial charge in [0.15, 0.2) is 0 Å². The monoisotopic (exact) mass is 259 g/mol. The van der Waals surface area contributed by atoms with Crippen LogP contribution >= 0.6 is 23.5 Å². The van der Waals surface area contributed by atoms with Gasteiger partial charge in [0.1, 0.15) is 0 Å². The molecule has 4 unspecified atom stereocenters. The van der Waals surface area contributed by atoms with E-state index in [2.05, 4.69) is 30.4 Å². The molecule has 1 aliphatic carbocycles. The smallest absolute Gasteiger partial charge is 0.0292 e. The molecule has 1 saturated carbocycles. The largest absolute Gasteiger partial charge is 0.326 e. The maximum absolute atomic E-state index is 6.55. The van der Waals surface area contributed by atoms with Crippen molar-refractivity contribution in [3.8, 4) is 0 Å². The molecular formula is C13H25NS2. The molecule has 2 N–H and O–H groups in total. The lowest BCUT2D eigenvalue weighted by Crippen LogP contribution is -2.46. The summed E-state index contributed by atoms with van der Waals surface area (Å²) < 4.78 is 0. The van der Waals surface area contributed by atoms with Gasteiger partial charge in [-0.3, -0.25) is 0 Å². The number of rotatable bonds is 3. The van der Waals surface area contributed by atoms with E-state index < -0.39 is 0 Å². The zero-order valence-electron chi connectivity index (χ0n) is 10.4. The number of thioether (sulfide) groups is 2. The first-order valence-corrected chi connectivity index (χ1v) is 8.98. The fraction of sp³-hybridized carbons (Fsp3) is 1.00. The average Bonchev–Trinajstić information content (AvgIpc) is 2.39. The third-order valence-electron chi connectivity index (χ3n) is 4.26. The average molecular weight is 259 g/mol. The highest BCUT2D eigenvalue weighted by atomic mass is 32.2. The Hall–Kier alpha value is 0.660. The Balaban J connectivity index is 1.92. The Morgan fingerprint density at radius 1 is 1.25 bits per heavy atom. The van der Waals surface area contributed by atoms with E-state index in [9.17, 15) is 0 Å². The lowest BCUT2D eigenvalue weighted by Gasteiger charge is -2.39. The van der Waals surface area contributed by atoms with Crippen LogP contribution in [0.5, 0.6) is 0 Å². The van der Waals surface area contributed by atoms with Crippen LogP contribution in [0, 0.1) is 11.8 Å². The highest BCUT2D eigenvalue weighted by Crippen LogP contribution is 2.38. The fourth-order valence-corrected chi connectivity index (χ4v) is 6.13. The van der Waals surface area contributed by atoms with Crippen molar-refractivity contribution in [3.63, 3.8) is 0 Å². The van der Waals surface area contributed by atoms with Gasteiger partial charge < -0.3 is 5.73 Å². The topological polar surface area (TPSA) is 26.0 Å². The minimum atomic E-state index is 0.461. The molecule has 2 fully saturated rings. The van der Waals surface area contributed by atoms with Crippen LogP contribution in [0.2, 0.25) is 0 Å². The zero-order valence-corrected chi connectivity index (χ0v) is 12.0. The standard InChI is InChI=1S/C13H25NS2/c1-2-10-5-3-4-6-11(10)13(14)12-9-15-7-8-16-12/h10-13H,2-9,14H2,1H3. The maximum Gasteiger partial charge on any atom is 0.0292 e. The number of nitrogens with two attached hydrogens (primary N) is 1. The molecule has 3 heteroatoms. The first-order chi connectivity index (χ1) is 7.83. The van der Waals surface area contributed by atoms with E-state index in [4.69, 9.17) is 5.73 Å². The summed E-state index contributed by atoms with van der Waals surface area (Å²) >= 11 is 4.23. The Morgan fingerprint density at radius 3 is 2.75 bits per heavy atom. The lowest BCUT2D eigenvalue weighted by atomic mass is 9.73. The van der Waals surface area contributed by atoms with Crippen LogP contribution < -0.4 is 5.73 Å². The van der Waals surface area contributed by atoms with Crippen LogP contribution in [0.15, 0.2) is 0 Å². The van der Waals surface area contributed by atoms with Crippen molar-refractivity contribution < 1.29 is 0 Å². The Morgan fingerprint density at radius 2 is 2.06 bits per heavy atom. The molecule has 0 amide bonds. The highest BCUT2D eigenvalue weighted by Gasteiger charge is 2.34. The molecule has 94 valence electrons. The van der Waals surface area contributed by atoms with Gasteiger partial charge in [-0.05, 0) is 18.3 Å². The molecule has 0 aromatic rings. The normalized spacial score (nSPS) is 38.2.